The van der Waals surface area contributed by atoms with E-state index in [-0.39, 0.29) is 13.2 Å². The maximum absolute atomic E-state index is 12.1. The van der Waals surface area contributed by atoms with Crippen LogP contribution in [0.4, 0.5) is 0 Å². The fourth-order valence-electron chi connectivity index (χ4n) is 2.08. The Labute approximate surface area is 121 Å². The van der Waals surface area contributed by atoms with Crippen molar-refractivity contribution in [2.24, 2.45) is 0 Å². The molecule has 0 spiro atoms. The molecule has 7 heteroatoms. The zero-order chi connectivity index (χ0) is 15.5. The van der Waals surface area contributed by atoms with Crippen LogP contribution in [0.15, 0.2) is 30.3 Å². The number of ether oxygens (including phenoxy) is 1. The quantitative estimate of drug-likeness (QED) is 0.469. The highest BCUT2D eigenvalue weighted by molar-refractivity contribution is 6.13. The third-order valence-electron chi connectivity index (χ3n) is 3.13. The average molecular weight is 292 g/mol. The van der Waals surface area contributed by atoms with Gasteiger partial charge in [0.2, 0.25) is 11.4 Å². The Hall–Kier alpha value is -2.41. The number of nitrogens with zero attached hydrogens (tertiary/aromatic N) is 1. The van der Waals surface area contributed by atoms with Crippen LogP contribution >= 0.6 is 0 Å². The number of methoxy groups -OCH3 is 1. The first kappa shape index (κ1) is 15.0. The molecule has 1 unspecified atom stereocenters. The number of benzene rings is 1. The third kappa shape index (κ3) is 2.87. The molecule has 0 radical (unpaired) electrons. The van der Waals surface area contributed by atoms with E-state index in [0.717, 1.165) is 17.7 Å². The number of nitrogens with one attached hydrogen (secondary N) is 1. The molecule has 112 valence electrons. The van der Waals surface area contributed by atoms with E-state index in [9.17, 15) is 14.4 Å². The van der Waals surface area contributed by atoms with Crippen LogP contribution in [0, 0.1) is 0 Å². The van der Waals surface area contributed by atoms with Crippen molar-refractivity contribution in [1.82, 2.24) is 10.4 Å². The molecule has 0 aromatic heterocycles. The highest BCUT2D eigenvalue weighted by Crippen LogP contribution is 2.25. The van der Waals surface area contributed by atoms with Gasteiger partial charge in [-0.3, -0.25) is 14.4 Å². The molecule has 1 aromatic carbocycles. The van der Waals surface area contributed by atoms with Crippen LogP contribution in [0.1, 0.15) is 12.5 Å². The molecule has 7 nitrogen and oxygen atoms in total. The van der Waals surface area contributed by atoms with Gasteiger partial charge in [-0.1, -0.05) is 30.3 Å². The lowest BCUT2D eigenvalue weighted by Crippen LogP contribution is -2.77. The topological polar surface area (TPSA) is 84.9 Å². The smallest absolute Gasteiger partial charge is 0.343 e. The van der Waals surface area contributed by atoms with Crippen molar-refractivity contribution in [3.8, 4) is 0 Å². The Morgan fingerprint density at radius 1 is 1.33 bits per heavy atom. The minimum absolute atomic E-state index is 0.0785. The number of rotatable bonds is 5. The average Bonchev–Trinajstić information content (AvgIpc) is 2.49. The first-order valence-electron chi connectivity index (χ1n) is 6.35. The highest BCUT2D eigenvalue weighted by Gasteiger charge is 2.61. The van der Waals surface area contributed by atoms with E-state index in [1.54, 1.807) is 0 Å². The molecule has 1 heterocycles. The number of hydrogen-bond donors (Lipinski definition) is 1. The van der Waals surface area contributed by atoms with Gasteiger partial charge in [0.1, 0.15) is 6.61 Å². The van der Waals surface area contributed by atoms with E-state index in [2.05, 4.69) is 10.1 Å². The van der Waals surface area contributed by atoms with Crippen molar-refractivity contribution >= 4 is 17.8 Å². The van der Waals surface area contributed by atoms with Crippen molar-refractivity contribution in [3.05, 3.63) is 35.9 Å². The fourth-order valence-corrected chi connectivity index (χ4v) is 2.08. The number of hydroxylamine groups is 2. The molecule has 1 aromatic rings. The fraction of sp³-hybridized carbons (Fsp3) is 0.357. The Morgan fingerprint density at radius 2 is 2.00 bits per heavy atom. The van der Waals surface area contributed by atoms with Crippen LogP contribution in [0.2, 0.25) is 0 Å². The summed E-state index contributed by atoms with van der Waals surface area (Å²) in [6.07, 6.45) is 0. The van der Waals surface area contributed by atoms with E-state index in [1.807, 2.05) is 30.3 Å². The predicted molar refractivity (Wildman–Crippen MR) is 71.5 cm³/mol. The molecule has 1 saturated heterocycles. The summed E-state index contributed by atoms with van der Waals surface area (Å²) in [5, 5.41) is 3.38. The molecule has 0 aliphatic carbocycles. The summed E-state index contributed by atoms with van der Waals surface area (Å²) in [5.41, 5.74) is -0.780. The van der Waals surface area contributed by atoms with Gasteiger partial charge in [0.15, 0.2) is 0 Å². The lowest BCUT2D eigenvalue weighted by Gasteiger charge is -2.44. The summed E-state index contributed by atoms with van der Waals surface area (Å²) in [5.74, 6) is -1.93. The van der Waals surface area contributed by atoms with Gasteiger partial charge in [0.25, 0.3) is 5.91 Å². The number of β-lactam (4-membered cyclic amide) rings is 1. The second-order valence-corrected chi connectivity index (χ2v) is 4.68. The maximum Gasteiger partial charge on any atom is 0.343 e. The number of carbonyl (C=O) groups excluding carboxylic acids is 3. The van der Waals surface area contributed by atoms with Crippen molar-refractivity contribution in [2.75, 3.05) is 13.7 Å². The number of carbonyl (C=O) groups is 3. The number of hydrogen-bond acceptors (Lipinski definition) is 5. The maximum atomic E-state index is 12.1. The van der Waals surface area contributed by atoms with Crippen LogP contribution in [0.3, 0.4) is 0 Å². The van der Waals surface area contributed by atoms with Gasteiger partial charge in [0.05, 0.1) is 13.7 Å². The Balaban J connectivity index is 1.99. The summed E-state index contributed by atoms with van der Waals surface area (Å²) >= 11 is 0. The Morgan fingerprint density at radius 3 is 2.52 bits per heavy atom. The molecule has 0 saturated carbocycles. The van der Waals surface area contributed by atoms with E-state index in [1.165, 1.54) is 6.92 Å². The van der Waals surface area contributed by atoms with Gasteiger partial charge in [-0.25, -0.2) is 9.86 Å². The third-order valence-corrected chi connectivity index (χ3v) is 3.13. The second-order valence-electron chi connectivity index (χ2n) is 4.68. The first-order valence-corrected chi connectivity index (χ1v) is 6.35. The van der Waals surface area contributed by atoms with Crippen molar-refractivity contribution in [3.63, 3.8) is 0 Å². The summed E-state index contributed by atoms with van der Waals surface area (Å²) in [7, 11) is 1.16. The van der Waals surface area contributed by atoms with Crippen molar-refractivity contribution in [2.45, 2.75) is 19.1 Å². The van der Waals surface area contributed by atoms with E-state index >= 15 is 0 Å². The second kappa shape index (κ2) is 5.92. The molecule has 0 bridgehead atoms. The standard InChI is InChI=1S/C14H16N2O5/c1-10(17)15-14(13(19)20-2)9-16(12(14)18)21-8-11-6-4-3-5-7-11/h3-7H,8-9H2,1-2H3,(H,15,17). The molecule has 2 rings (SSSR count). The molecule has 1 aliphatic rings. The Kier molecular flexibility index (Phi) is 4.23. The molecular weight excluding hydrogens is 276 g/mol. The van der Waals surface area contributed by atoms with Crippen LogP contribution in [0.25, 0.3) is 0 Å². The zero-order valence-corrected chi connectivity index (χ0v) is 11.8. The van der Waals surface area contributed by atoms with Gasteiger partial charge in [-0.05, 0) is 5.56 Å². The molecule has 1 fully saturated rings. The minimum Gasteiger partial charge on any atom is -0.467 e. The Bertz CT molecular complexity index is 560. The lowest BCUT2D eigenvalue weighted by molar-refractivity contribution is -0.235. The van der Waals surface area contributed by atoms with E-state index in [4.69, 9.17) is 4.84 Å². The molecule has 1 aliphatic heterocycles. The first-order chi connectivity index (χ1) is 9.99. The highest BCUT2D eigenvalue weighted by atomic mass is 16.7. The normalized spacial score (nSPS) is 20.7. The van der Waals surface area contributed by atoms with Gasteiger partial charge in [-0.15, -0.1) is 0 Å². The van der Waals surface area contributed by atoms with E-state index in [0.29, 0.717) is 0 Å². The zero-order valence-electron chi connectivity index (χ0n) is 11.8. The number of esters is 1. The van der Waals surface area contributed by atoms with Crippen LogP contribution in [-0.4, -0.2) is 42.0 Å². The van der Waals surface area contributed by atoms with Gasteiger partial charge in [-0.2, -0.15) is 0 Å². The van der Waals surface area contributed by atoms with Crippen LogP contribution in [0.5, 0.6) is 0 Å². The van der Waals surface area contributed by atoms with Crippen molar-refractivity contribution in [1.29, 1.82) is 0 Å². The van der Waals surface area contributed by atoms with Gasteiger partial charge < -0.3 is 10.1 Å². The molecule has 1 atom stereocenters. The van der Waals surface area contributed by atoms with Gasteiger partial charge in [0, 0.05) is 6.92 Å². The number of amides is 2. The SMILES string of the molecule is COC(=O)C1(NC(C)=O)CN(OCc2ccccc2)C1=O. The molecular formula is C14H16N2O5. The summed E-state index contributed by atoms with van der Waals surface area (Å²) in [6.45, 7) is 1.35. The minimum atomic E-state index is -1.67. The summed E-state index contributed by atoms with van der Waals surface area (Å²) in [4.78, 5) is 40.4. The summed E-state index contributed by atoms with van der Waals surface area (Å²) in [6, 6.07) is 9.29. The van der Waals surface area contributed by atoms with Crippen LogP contribution in [-0.2, 0) is 30.6 Å². The monoisotopic (exact) mass is 292 g/mol. The summed E-state index contributed by atoms with van der Waals surface area (Å²) < 4.78 is 4.58. The predicted octanol–water partition coefficient (Wildman–Crippen LogP) is 0.00830. The molecule has 1 N–H and O–H groups in total. The van der Waals surface area contributed by atoms with Crippen LogP contribution < -0.4 is 5.32 Å². The largest absolute Gasteiger partial charge is 0.467 e. The van der Waals surface area contributed by atoms with Crippen molar-refractivity contribution < 1.29 is 24.0 Å². The lowest BCUT2D eigenvalue weighted by atomic mass is 9.90. The van der Waals surface area contributed by atoms with Gasteiger partial charge >= 0.3 is 5.97 Å². The molecule has 2 amide bonds. The van der Waals surface area contributed by atoms with E-state index < -0.39 is 23.3 Å². The molecule has 21 heavy (non-hydrogen) atoms.